The first-order valence-electron chi connectivity index (χ1n) is 11.1. The van der Waals surface area contributed by atoms with Crippen molar-refractivity contribution < 1.29 is 32.0 Å². The lowest BCUT2D eigenvalue weighted by Crippen LogP contribution is -2.46. The molecule has 0 saturated carbocycles. The quantitative estimate of drug-likeness (QED) is 0.500. The fraction of sp³-hybridized carbons (Fsp3) is 0.810. The average molecular weight is 470 g/mol. The second-order valence-electron chi connectivity index (χ2n) is 9.91. The molecule has 2 aliphatic heterocycles. The van der Waals surface area contributed by atoms with E-state index in [-0.39, 0.29) is 19.6 Å². The molecule has 3 rings (SSSR count). The molecule has 180 valence electrons. The van der Waals surface area contributed by atoms with E-state index >= 15 is 0 Å². The summed E-state index contributed by atoms with van der Waals surface area (Å²) < 4.78 is 48.2. The zero-order valence-corrected chi connectivity index (χ0v) is 20.7. The van der Waals surface area contributed by atoms with Gasteiger partial charge in [-0.15, -0.1) is 0 Å². The highest BCUT2D eigenvalue weighted by Crippen LogP contribution is 2.36. The summed E-state index contributed by atoms with van der Waals surface area (Å²) in [6, 6.07) is 0. The van der Waals surface area contributed by atoms with E-state index in [1.807, 2.05) is 27.7 Å². The Bertz CT molecular complexity index is 908. The molecule has 0 bridgehead atoms. The lowest BCUT2D eigenvalue weighted by Gasteiger charge is -2.32. The lowest BCUT2D eigenvalue weighted by molar-refractivity contribution is -0.170. The molecule has 0 aromatic carbocycles. The van der Waals surface area contributed by atoms with E-state index in [2.05, 4.69) is 5.10 Å². The second-order valence-corrected chi connectivity index (χ2v) is 12.4. The van der Waals surface area contributed by atoms with E-state index in [0.717, 1.165) is 24.6 Å². The normalized spacial score (nSPS) is 24.9. The second kappa shape index (κ2) is 9.17. The summed E-state index contributed by atoms with van der Waals surface area (Å²) in [5, 5.41) is 4.32. The van der Waals surface area contributed by atoms with Crippen molar-refractivity contribution >= 4 is 28.2 Å². The van der Waals surface area contributed by atoms with Crippen LogP contribution in [0.25, 0.3) is 0 Å². The Morgan fingerprint density at radius 3 is 2.50 bits per heavy atom. The maximum Gasteiger partial charge on any atom is 0.498 e. The maximum absolute atomic E-state index is 12.9. The molecule has 32 heavy (non-hydrogen) atoms. The van der Waals surface area contributed by atoms with Crippen molar-refractivity contribution in [1.29, 1.82) is 0 Å². The van der Waals surface area contributed by atoms with Crippen molar-refractivity contribution in [1.82, 2.24) is 9.78 Å². The van der Waals surface area contributed by atoms with Crippen LogP contribution in [0.3, 0.4) is 0 Å². The smallest absolute Gasteiger partial charge is 0.399 e. The summed E-state index contributed by atoms with van der Waals surface area (Å²) in [5.41, 5.74) is -0.194. The Morgan fingerprint density at radius 2 is 1.94 bits per heavy atom. The van der Waals surface area contributed by atoms with Crippen LogP contribution in [-0.4, -0.2) is 72.8 Å². The van der Waals surface area contributed by atoms with Gasteiger partial charge in [0.05, 0.1) is 11.2 Å². The Labute approximate surface area is 191 Å². The minimum absolute atomic E-state index is 0.0734. The number of hydrogen-bond acceptors (Lipinski definition) is 8. The van der Waals surface area contributed by atoms with Gasteiger partial charge in [-0.05, 0) is 60.3 Å². The first-order valence-corrected chi connectivity index (χ1v) is 13.0. The first-order chi connectivity index (χ1) is 14.8. The van der Waals surface area contributed by atoms with Crippen LogP contribution in [-0.2, 0) is 40.0 Å². The Balaban J connectivity index is 1.64. The summed E-state index contributed by atoms with van der Waals surface area (Å²) in [5.74, 6) is -0.479. The van der Waals surface area contributed by atoms with Gasteiger partial charge in [-0.25, -0.2) is 8.42 Å². The highest BCUT2D eigenvalue weighted by Gasteiger charge is 2.52. The van der Waals surface area contributed by atoms with Gasteiger partial charge in [-0.3, -0.25) is 9.48 Å². The molecular weight excluding hydrogens is 435 g/mol. The number of rotatable bonds is 9. The van der Waals surface area contributed by atoms with E-state index in [1.54, 1.807) is 17.1 Å². The summed E-state index contributed by atoms with van der Waals surface area (Å²) in [7, 11) is -4.24. The zero-order valence-electron chi connectivity index (χ0n) is 19.9. The molecule has 2 saturated heterocycles. The number of Topliss-reactive ketones (excluding diaryl/α,β-unsaturated/α-hetero) is 1. The molecule has 0 amide bonds. The molecule has 1 aromatic rings. The number of nitrogens with zero attached hydrogens (tertiary/aromatic N) is 2. The Morgan fingerprint density at radius 1 is 1.28 bits per heavy atom. The minimum Gasteiger partial charge on any atom is -0.399 e. The number of ketones is 1. The van der Waals surface area contributed by atoms with Crippen LogP contribution < -0.4 is 5.46 Å². The van der Waals surface area contributed by atoms with E-state index in [4.69, 9.17) is 18.8 Å². The van der Waals surface area contributed by atoms with Crippen molar-refractivity contribution in [3.8, 4) is 0 Å². The average Bonchev–Trinajstić information content (AvgIpc) is 3.26. The van der Waals surface area contributed by atoms with E-state index < -0.39 is 45.0 Å². The standard InChI is InChI=1S/C21H35BN2O7S/c1-19(2)20(3,4)31-22(30-19)16-13-23-24(14-16)11-10-21(5,32(6,26)27)17(25)15-29-18-9-7-8-12-28-18/h13-14,18H,7-12,15H2,1-6H3. The molecule has 0 aliphatic carbocycles. The van der Waals surface area contributed by atoms with Crippen LogP contribution in [0.5, 0.6) is 0 Å². The molecule has 2 atom stereocenters. The molecule has 9 nitrogen and oxygen atoms in total. The van der Waals surface area contributed by atoms with Crippen LogP contribution in [0.15, 0.2) is 12.4 Å². The van der Waals surface area contributed by atoms with Crippen LogP contribution in [0.2, 0.25) is 0 Å². The molecule has 2 fully saturated rings. The number of sulfone groups is 1. The molecule has 3 heterocycles. The van der Waals surface area contributed by atoms with Gasteiger partial charge in [0.1, 0.15) is 11.4 Å². The summed E-state index contributed by atoms with van der Waals surface area (Å²) in [6.07, 6.45) is 6.75. The third kappa shape index (κ3) is 5.27. The van der Waals surface area contributed by atoms with Crippen molar-refractivity contribution in [2.24, 2.45) is 0 Å². The van der Waals surface area contributed by atoms with Crippen LogP contribution >= 0.6 is 0 Å². The van der Waals surface area contributed by atoms with Crippen LogP contribution in [0, 0.1) is 0 Å². The van der Waals surface area contributed by atoms with Crippen LogP contribution in [0.1, 0.15) is 60.3 Å². The van der Waals surface area contributed by atoms with Gasteiger partial charge in [0.15, 0.2) is 21.9 Å². The molecule has 2 aliphatic rings. The lowest BCUT2D eigenvalue weighted by atomic mass is 9.82. The van der Waals surface area contributed by atoms with Gasteiger partial charge >= 0.3 is 7.12 Å². The maximum atomic E-state index is 12.9. The van der Waals surface area contributed by atoms with Gasteiger partial charge in [-0.1, -0.05) is 0 Å². The predicted molar refractivity (Wildman–Crippen MR) is 120 cm³/mol. The molecule has 0 spiro atoms. The third-order valence-electron chi connectivity index (χ3n) is 6.94. The molecule has 11 heteroatoms. The van der Waals surface area contributed by atoms with Gasteiger partial charge in [0.2, 0.25) is 0 Å². The molecule has 0 radical (unpaired) electrons. The number of hydrogen-bond donors (Lipinski definition) is 0. The van der Waals surface area contributed by atoms with E-state index in [0.29, 0.717) is 13.0 Å². The number of aryl methyl sites for hydroxylation is 1. The highest BCUT2D eigenvalue weighted by molar-refractivity contribution is 7.92. The van der Waals surface area contributed by atoms with Crippen molar-refractivity contribution in [2.75, 3.05) is 19.5 Å². The molecule has 0 N–H and O–H groups in total. The van der Waals surface area contributed by atoms with Crippen molar-refractivity contribution in [3.63, 3.8) is 0 Å². The number of ether oxygens (including phenoxy) is 2. The van der Waals surface area contributed by atoms with Gasteiger partial charge in [0.25, 0.3) is 0 Å². The summed E-state index contributed by atoms with van der Waals surface area (Å²) >= 11 is 0. The topological polar surface area (TPSA) is 106 Å². The monoisotopic (exact) mass is 470 g/mol. The van der Waals surface area contributed by atoms with E-state index in [9.17, 15) is 13.2 Å². The first kappa shape index (κ1) is 25.4. The fourth-order valence-electron chi connectivity index (χ4n) is 3.63. The van der Waals surface area contributed by atoms with Gasteiger partial charge in [0, 0.05) is 37.3 Å². The highest BCUT2D eigenvalue weighted by atomic mass is 32.2. The summed E-state index contributed by atoms with van der Waals surface area (Å²) in [4.78, 5) is 12.9. The van der Waals surface area contributed by atoms with Gasteiger partial charge in [-0.2, -0.15) is 5.10 Å². The fourth-order valence-corrected chi connectivity index (χ4v) is 4.56. The number of carbonyl (C=O) groups excluding carboxylic acids is 1. The molecule has 2 unspecified atom stereocenters. The summed E-state index contributed by atoms with van der Waals surface area (Å²) in [6.45, 7) is 9.88. The Hall–Kier alpha value is -1.27. The minimum atomic E-state index is -3.69. The predicted octanol–water partition coefficient (Wildman–Crippen LogP) is 1.49. The van der Waals surface area contributed by atoms with E-state index in [1.165, 1.54) is 6.92 Å². The number of aromatic nitrogens is 2. The van der Waals surface area contributed by atoms with Crippen LogP contribution in [0.4, 0.5) is 0 Å². The Kier molecular flexibility index (Phi) is 7.27. The van der Waals surface area contributed by atoms with Gasteiger partial charge < -0.3 is 18.8 Å². The zero-order chi connectivity index (χ0) is 23.8. The third-order valence-corrected chi connectivity index (χ3v) is 9.01. The van der Waals surface area contributed by atoms with Crippen molar-refractivity contribution in [3.05, 3.63) is 12.4 Å². The molecular formula is C21H35BN2O7S. The molecule has 1 aromatic heterocycles. The number of carbonyl (C=O) groups is 1. The van der Waals surface area contributed by atoms with Crippen molar-refractivity contribution in [2.45, 2.75) is 89.1 Å². The SMILES string of the molecule is CC1(C)OB(c2cnn(CCC(C)(C(=O)COC3CCCCO3)S(C)(=O)=O)c2)OC1(C)C. The largest absolute Gasteiger partial charge is 0.498 e.